The standard InChI is InChI=1S/C17H27FN2/c1-3-8-19-11-15-5-6-17(18)16(10-15)13-20-9-7-14(4-2)12-20/h5-6,10,14,19H,3-4,7-9,11-13H2,1-2H3. The zero-order chi connectivity index (χ0) is 14.4. The Balaban J connectivity index is 1.94. The van der Waals surface area contributed by atoms with Crippen molar-refractivity contribution in [3.8, 4) is 0 Å². The number of halogens is 1. The average molecular weight is 278 g/mol. The van der Waals surface area contributed by atoms with E-state index in [2.05, 4.69) is 24.1 Å². The van der Waals surface area contributed by atoms with E-state index in [9.17, 15) is 4.39 Å². The SMILES string of the molecule is CCCNCc1ccc(F)c(CN2CCC(CC)C2)c1. The highest BCUT2D eigenvalue weighted by molar-refractivity contribution is 5.25. The lowest BCUT2D eigenvalue weighted by atomic mass is 10.1. The number of nitrogens with one attached hydrogen (secondary N) is 1. The van der Waals surface area contributed by atoms with Crippen molar-refractivity contribution in [3.63, 3.8) is 0 Å². The normalized spacial score (nSPS) is 19.6. The Bertz CT molecular complexity index is 419. The van der Waals surface area contributed by atoms with Crippen LogP contribution in [0.2, 0.25) is 0 Å². The fourth-order valence-corrected chi connectivity index (χ4v) is 2.90. The van der Waals surface area contributed by atoms with Gasteiger partial charge in [0.1, 0.15) is 5.82 Å². The largest absolute Gasteiger partial charge is 0.313 e. The molecule has 2 nitrogen and oxygen atoms in total. The van der Waals surface area contributed by atoms with E-state index in [0.717, 1.165) is 50.6 Å². The molecule has 1 saturated heterocycles. The van der Waals surface area contributed by atoms with Crippen LogP contribution < -0.4 is 5.32 Å². The van der Waals surface area contributed by atoms with Crippen molar-refractivity contribution in [1.29, 1.82) is 0 Å². The summed E-state index contributed by atoms with van der Waals surface area (Å²) in [4.78, 5) is 2.38. The fraction of sp³-hybridized carbons (Fsp3) is 0.647. The minimum Gasteiger partial charge on any atom is -0.313 e. The highest BCUT2D eigenvalue weighted by atomic mass is 19.1. The van der Waals surface area contributed by atoms with E-state index in [0.29, 0.717) is 0 Å². The number of likely N-dealkylation sites (tertiary alicyclic amines) is 1. The molecule has 1 atom stereocenters. The molecule has 0 bridgehead atoms. The third-order valence-corrected chi connectivity index (χ3v) is 4.21. The summed E-state index contributed by atoms with van der Waals surface area (Å²) in [5.74, 6) is 0.733. The maximum atomic E-state index is 13.9. The number of nitrogens with zero attached hydrogens (tertiary/aromatic N) is 1. The molecule has 0 amide bonds. The maximum absolute atomic E-state index is 13.9. The van der Waals surface area contributed by atoms with E-state index in [1.165, 1.54) is 18.4 Å². The zero-order valence-electron chi connectivity index (χ0n) is 12.8. The van der Waals surface area contributed by atoms with Gasteiger partial charge in [-0.3, -0.25) is 4.90 Å². The fourth-order valence-electron chi connectivity index (χ4n) is 2.90. The molecule has 1 aromatic carbocycles. The quantitative estimate of drug-likeness (QED) is 0.767. The molecule has 1 N–H and O–H groups in total. The van der Waals surface area contributed by atoms with Crippen molar-refractivity contribution < 1.29 is 4.39 Å². The van der Waals surface area contributed by atoms with E-state index in [1.54, 1.807) is 6.07 Å². The first-order chi connectivity index (χ1) is 9.72. The van der Waals surface area contributed by atoms with Crippen LogP contribution in [0.4, 0.5) is 4.39 Å². The maximum Gasteiger partial charge on any atom is 0.127 e. The van der Waals surface area contributed by atoms with Crippen LogP contribution in [0.1, 0.15) is 44.2 Å². The van der Waals surface area contributed by atoms with E-state index in [-0.39, 0.29) is 5.82 Å². The van der Waals surface area contributed by atoms with Gasteiger partial charge in [0.2, 0.25) is 0 Å². The van der Waals surface area contributed by atoms with E-state index >= 15 is 0 Å². The van der Waals surface area contributed by atoms with Gasteiger partial charge < -0.3 is 5.32 Å². The molecule has 1 fully saturated rings. The topological polar surface area (TPSA) is 15.3 Å². The molecule has 0 spiro atoms. The Morgan fingerprint density at radius 3 is 2.90 bits per heavy atom. The summed E-state index contributed by atoms with van der Waals surface area (Å²) in [7, 11) is 0. The molecule has 1 aromatic rings. The second-order valence-electron chi connectivity index (χ2n) is 5.90. The van der Waals surface area contributed by atoms with Gasteiger partial charge >= 0.3 is 0 Å². The van der Waals surface area contributed by atoms with Crippen molar-refractivity contribution in [2.45, 2.75) is 46.2 Å². The van der Waals surface area contributed by atoms with Crippen LogP contribution in [0.15, 0.2) is 18.2 Å². The lowest BCUT2D eigenvalue weighted by Crippen LogP contribution is -2.21. The van der Waals surface area contributed by atoms with E-state index in [1.807, 2.05) is 12.1 Å². The first-order valence-corrected chi connectivity index (χ1v) is 7.93. The van der Waals surface area contributed by atoms with Gasteiger partial charge in [-0.1, -0.05) is 32.4 Å². The minimum absolute atomic E-state index is 0.0656. The van der Waals surface area contributed by atoms with Crippen LogP contribution in [0, 0.1) is 11.7 Å². The van der Waals surface area contributed by atoms with Gasteiger partial charge in [-0.05, 0) is 43.5 Å². The molecule has 0 radical (unpaired) electrons. The van der Waals surface area contributed by atoms with Crippen LogP contribution in [0.5, 0.6) is 0 Å². The summed E-state index contributed by atoms with van der Waals surface area (Å²) in [5, 5.41) is 3.37. The first-order valence-electron chi connectivity index (χ1n) is 7.93. The molecule has 20 heavy (non-hydrogen) atoms. The summed E-state index contributed by atoms with van der Waals surface area (Å²) < 4.78 is 13.9. The highest BCUT2D eigenvalue weighted by Crippen LogP contribution is 2.22. The monoisotopic (exact) mass is 278 g/mol. The summed E-state index contributed by atoms with van der Waals surface area (Å²) in [6.45, 7) is 9.22. The van der Waals surface area contributed by atoms with Crippen LogP contribution in [0.25, 0.3) is 0 Å². The minimum atomic E-state index is -0.0656. The van der Waals surface area contributed by atoms with Crippen molar-refractivity contribution >= 4 is 0 Å². The van der Waals surface area contributed by atoms with Gasteiger partial charge in [-0.25, -0.2) is 4.39 Å². The van der Waals surface area contributed by atoms with Gasteiger partial charge in [-0.15, -0.1) is 0 Å². The van der Waals surface area contributed by atoms with E-state index in [4.69, 9.17) is 0 Å². The van der Waals surface area contributed by atoms with Crippen molar-refractivity contribution in [3.05, 3.63) is 35.1 Å². The third kappa shape index (κ3) is 4.29. The summed E-state index contributed by atoms with van der Waals surface area (Å²) >= 11 is 0. The lowest BCUT2D eigenvalue weighted by Gasteiger charge is -2.17. The summed E-state index contributed by atoms with van der Waals surface area (Å²) in [5.41, 5.74) is 2.03. The van der Waals surface area contributed by atoms with Crippen molar-refractivity contribution in [2.24, 2.45) is 5.92 Å². The van der Waals surface area contributed by atoms with Gasteiger partial charge in [0.15, 0.2) is 0 Å². The number of hydrogen-bond donors (Lipinski definition) is 1. The first kappa shape index (κ1) is 15.5. The van der Waals surface area contributed by atoms with Gasteiger partial charge in [-0.2, -0.15) is 0 Å². The molecule has 1 unspecified atom stereocenters. The number of benzene rings is 1. The summed E-state index contributed by atoms with van der Waals surface area (Å²) in [6, 6.07) is 5.53. The summed E-state index contributed by atoms with van der Waals surface area (Å²) in [6.07, 6.45) is 3.62. The van der Waals surface area contributed by atoms with Crippen LogP contribution >= 0.6 is 0 Å². The Hall–Kier alpha value is -0.930. The van der Waals surface area contributed by atoms with Crippen molar-refractivity contribution in [2.75, 3.05) is 19.6 Å². The Kier molecular flexibility index (Phi) is 5.99. The highest BCUT2D eigenvalue weighted by Gasteiger charge is 2.21. The lowest BCUT2D eigenvalue weighted by molar-refractivity contribution is 0.310. The molecule has 1 heterocycles. The molecule has 0 saturated carbocycles. The third-order valence-electron chi connectivity index (χ3n) is 4.21. The second kappa shape index (κ2) is 7.75. The molecule has 0 aliphatic carbocycles. The molecular formula is C17H27FN2. The second-order valence-corrected chi connectivity index (χ2v) is 5.90. The molecule has 1 aliphatic rings. The van der Waals surface area contributed by atoms with Gasteiger partial charge in [0.05, 0.1) is 0 Å². The Morgan fingerprint density at radius 1 is 1.35 bits per heavy atom. The smallest absolute Gasteiger partial charge is 0.127 e. The molecule has 112 valence electrons. The Labute approximate surface area is 122 Å². The molecule has 3 heteroatoms. The molecule has 2 rings (SSSR count). The number of rotatable bonds is 7. The molecule has 1 aliphatic heterocycles. The predicted octanol–water partition coefficient (Wildman–Crippen LogP) is 3.56. The van der Waals surface area contributed by atoms with Crippen LogP contribution in [-0.4, -0.2) is 24.5 Å². The zero-order valence-corrected chi connectivity index (χ0v) is 12.8. The van der Waals surface area contributed by atoms with Crippen LogP contribution in [0.3, 0.4) is 0 Å². The Morgan fingerprint density at radius 2 is 2.20 bits per heavy atom. The predicted molar refractivity (Wildman–Crippen MR) is 82.1 cm³/mol. The van der Waals surface area contributed by atoms with Gasteiger partial charge in [0, 0.05) is 25.2 Å². The molecular weight excluding hydrogens is 251 g/mol. The average Bonchev–Trinajstić information content (AvgIpc) is 2.90. The van der Waals surface area contributed by atoms with Crippen molar-refractivity contribution in [1.82, 2.24) is 10.2 Å². The molecule has 0 aromatic heterocycles. The van der Waals surface area contributed by atoms with E-state index < -0.39 is 0 Å². The number of hydrogen-bond acceptors (Lipinski definition) is 2. The van der Waals surface area contributed by atoms with Crippen LogP contribution in [-0.2, 0) is 13.1 Å². The van der Waals surface area contributed by atoms with Gasteiger partial charge in [0.25, 0.3) is 0 Å².